The molecule has 0 saturated heterocycles. The van der Waals surface area contributed by atoms with Gasteiger partial charge in [0.15, 0.2) is 0 Å². The molecule has 2 aromatic carbocycles. The van der Waals surface area contributed by atoms with Gasteiger partial charge in [-0.2, -0.15) is 0 Å². The first kappa shape index (κ1) is 16.7. The van der Waals surface area contributed by atoms with E-state index in [-0.39, 0.29) is 11.8 Å². The van der Waals surface area contributed by atoms with Crippen LogP contribution >= 0.6 is 0 Å². The molecule has 0 aliphatic carbocycles. The molecule has 2 rings (SSSR count). The number of amides is 2. The Labute approximate surface area is 136 Å². The second kappa shape index (κ2) is 7.58. The molecule has 4 nitrogen and oxygen atoms in total. The van der Waals surface area contributed by atoms with E-state index in [1.165, 1.54) is 0 Å². The van der Waals surface area contributed by atoms with E-state index in [2.05, 4.69) is 10.6 Å². The monoisotopic (exact) mass is 310 g/mol. The Morgan fingerprint density at radius 3 is 1.83 bits per heavy atom. The lowest BCUT2D eigenvalue weighted by Crippen LogP contribution is -2.34. The van der Waals surface area contributed by atoms with E-state index in [0.717, 1.165) is 16.7 Å². The van der Waals surface area contributed by atoms with Gasteiger partial charge in [-0.3, -0.25) is 9.59 Å². The minimum Gasteiger partial charge on any atom is -0.350 e. The third kappa shape index (κ3) is 4.68. The average molecular weight is 310 g/mol. The van der Waals surface area contributed by atoms with Crippen LogP contribution in [0.1, 0.15) is 37.4 Å². The molecule has 2 aromatic rings. The van der Waals surface area contributed by atoms with Gasteiger partial charge in [0, 0.05) is 24.2 Å². The number of hydrogen-bond acceptors (Lipinski definition) is 2. The van der Waals surface area contributed by atoms with Crippen molar-refractivity contribution in [2.24, 2.45) is 0 Å². The average Bonchev–Trinajstić information content (AvgIpc) is 2.54. The van der Waals surface area contributed by atoms with Crippen LogP contribution in [0.3, 0.4) is 0 Å². The van der Waals surface area contributed by atoms with Gasteiger partial charge in [0.1, 0.15) is 0 Å². The molecule has 2 amide bonds. The molecule has 0 aliphatic heterocycles. The lowest BCUT2D eigenvalue weighted by atomic mass is 10.1. The fraction of sp³-hybridized carbons (Fsp3) is 0.263. The van der Waals surface area contributed by atoms with Crippen molar-refractivity contribution < 1.29 is 9.59 Å². The molecule has 4 heteroatoms. The summed E-state index contributed by atoms with van der Waals surface area (Å²) in [6, 6.07) is 13.0. The smallest absolute Gasteiger partial charge is 0.251 e. The van der Waals surface area contributed by atoms with Gasteiger partial charge in [0.2, 0.25) is 0 Å². The van der Waals surface area contributed by atoms with Crippen molar-refractivity contribution in [3.8, 4) is 0 Å². The minimum atomic E-state index is -0.134. The van der Waals surface area contributed by atoms with Crippen LogP contribution in [0.4, 0.5) is 0 Å². The highest BCUT2D eigenvalue weighted by Gasteiger charge is 2.07. The molecule has 0 spiro atoms. The summed E-state index contributed by atoms with van der Waals surface area (Å²) in [5.74, 6) is -0.261. The fourth-order valence-electron chi connectivity index (χ4n) is 2.14. The normalized spacial score (nSPS) is 10.2. The molecule has 0 bridgehead atoms. The van der Waals surface area contributed by atoms with Crippen LogP contribution in [-0.4, -0.2) is 24.9 Å². The third-order valence-corrected chi connectivity index (χ3v) is 3.78. The van der Waals surface area contributed by atoms with Gasteiger partial charge in [-0.25, -0.2) is 0 Å². The summed E-state index contributed by atoms with van der Waals surface area (Å²) in [7, 11) is 0. The van der Waals surface area contributed by atoms with Crippen molar-refractivity contribution in [3.63, 3.8) is 0 Å². The molecule has 23 heavy (non-hydrogen) atoms. The van der Waals surface area contributed by atoms with Crippen molar-refractivity contribution in [2.75, 3.05) is 13.1 Å². The van der Waals surface area contributed by atoms with Gasteiger partial charge >= 0.3 is 0 Å². The van der Waals surface area contributed by atoms with Crippen molar-refractivity contribution in [2.45, 2.75) is 20.8 Å². The van der Waals surface area contributed by atoms with Gasteiger partial charge < -0.3 is 10.6 Å². The van der Waals surface area contributed by atoms with Crippen molar-refractivity contribution in [1.29, 1.82) is 0 Å². The molecule has 0 saturated carbocycles. The number of nitrogens with one attached hydrogen (secondary N) is 2. The Kier molecular flexibility index (Phi) is 5.52. The summed E-state index contributed by atoms with van der Waals surface area (Å²) in [5, 5.41) is 5.60. The van der Waals surface area contributed by atoms with Crippen LogP contribution in [-0.2, 0) is 0 Å². The van der Waals surface area contributed by atoms with Crippen LogP contribution in [0, 0.1) is 20.8 Å². The summed E-state index contributed by atoms with van der Waals surface area (Å²) in [5.41, 5.74) is 4.62. The molecular formula is C19H22N2O2. The Morgan fingerprint density at radius 1 is 0.739 bits per heavy atom. The quantitative estimate of drug-likeness (QED) is 0.834. The first-order valence-electron chi connectivity index (χ1n) is 7.67. The summed E-state index contributed by atoms with van der Waals surface area (Å²) in [6.07, 6.45) is 0. The third-order valence-electron chi connectivity index (χ3n) is 3.78. The van der Waals surface area contributed by atoms with E-state index < -0.39 is 0 Å². The second-order valence-corrected chi connectivity index (χ2v) is 5.68. The first-order valence-corrected chi connectivity index (χ1v) is 7.67. The highest BCUT2D eigenvalue weighted by molar-refractivity contribution is 5.95. The largest absolute Gasteiger partial charge is 0.350 e. The number of aryl methyl sites for hydroxylation is 3. The maximum atomic E-state index is 12.0. The summed E-state index contributed by atoms with van der Waals surface area (Å²) in [6.45, 7) is 6.75. The number of rotatable bonds is 5. The molecular weight excluding hydrogens is 288 g/mol. The predicted octanol–water partition coefficient (Wildman–Crippen LogP) is 2.77. The second-order valence-electron chi connectivity index (χ2n) is 5.68. The zero-order valence-corrected chi connectivity index (χ0v) is 13.8. The number of carbonyl (C=O) groups is 2. The maximum absolute atomic E-state index is 12.0. The van der Waals surface area contributed by atoms with Crippen LogP contribution in [0.25, 0.3) is 0 Å². The molecule has 120 valence electrons. The maximum Gasteiger partial charge on any atom is 0.251 e. The van der Waals surface area contributed by atoms with E-state index >= 15 is 0 Å². The van der Waals surface area contributed by atoms with E-state index in [1.807, 2.05) is 51.1 Å². The molecule has 2 N–H and O–H groups in total. The molecule has 0 aromatic heterocycles. The lowest BCUT2D eigenvalue weighted by molar-refractivity contribution is 0.0927. The van der Waals surface area contributed by atoms with E-state index in [1.54, 1.807) is 12.1 Å². The van der Waals surface area contributed by atoms with Gasteiger partial charge in [-0.15, -0.1) is 0 Å². The number of hydrogen-bond donors (Lipinski definition) is 2. The standard InChI is InChI=1S/C19H22N2O2/c1-13-4-7-16(8-5-13)18(22)20-10-11-21-19(23)17-9-6-14(2)15(3)12-17/h4-9,12H,10-11H2,1-3H3,(H,20,22)(H,21,23). The minimum absolute atomic E-state index is 0.127. The van der Waals surface area contributed by atoms with Gasteiger partial charge in [-0.05, 0) is 56.2 Å². The molecule has 0 unspecified atom stereocenters. The first-order chi connectivity index (χ1) is 11.0. The highest BCUT2D eigenvalue weighted by Crippen LogP contribution is 2.09. The molecule has 0 heterocycles. The van der Waals surface area contributed by atoms with Crippen molar-refractivity contribution in [3.05, 3.63) is 70.3 Å². The summed E-state index contributed by atoms with van der Waals surface area (Å²) < 4.78 is 0. The number of benzene rings is 2. The fourth-order valence-corrected chi connectivity index (χ4v) is 2.14. The topological polar surface area (TPSA) is 58.2 Å². The van der Waals surface area contributed by atoms with Gasteiger partial charge in [0.25, 0.3) is 11.8 Å². The van der Waals surface area contributed by atoms with Crippen molar-refractivity contribution >= 4 is 11.8 Å². The SMILES string of the molecule is Cc1ccc(C(=O)NCCNC(=O)c2ccc(C)c(C)c2)cc1. The molecule has 0 aliphatic rings. The van der Waals surface area contributed by atoms with Crippen LogP contribution in [0.5, 0.6) is 0 Å². The van der Waals surface area contributed by atoms with E-state index in [9.17, 15) is 9.59 Å². The summed E-state index contributed by atoms with van der Waals surface area (Å²) >= 11 is 0. The Bertz CT molecular complexity index is 706. The predicted molar refractivity (Wildman–Crippen MR) is 91.8 cm³/mol. The van der Waals surface area contributed by atoms with Crippen LogP contribution < -0.4 is 10.6 Å². The Balaban J connectivity index is 1.78. The zero-order valence-electron chi connectivity index (χ0n) is 13.8. The van der Waals surface area contributed by atoms with Gasteiger partial charge in [-0.1, -0.05) is 23.8 Å². The Hall–Kier alpha value is -2.62. The molecule has 0 atom stereocenters. The van der Waals surface area contributed by atoms with Crippen LogP contribution in [0.2, 0.25) is 0 Å². The lowest BCUT2D eigenvalue weighted by Gasteiger charge is -2.08. The molecule has 0 radical (unpaired) electrons. The van der Waals surface area contributed by atoms with Gasteiger partial charge in [0.05, 0.1) is 0 Å². The zero-order chi connectivity index (χ0) is 16.8. The highest BCUT2D eigenvalue weighted by atomic mass is 16.2. The number of carbonyl (C=O) groups excluding carboxylic acids is 2. The van der Waals surface area contributed by atoms with Crippen LogP contribution in [0.15, 0.2) is 42.5 Å². The molecule has 0 fully saturated rings. The Morgan fingerprint density at radius 2 is 1.26 bits per heavy atom. The van der Waals surface area contributed by atoms with E-state index in [4.69, 9.17) is 0 Å². The van der Waals surface area contributed by atoms with Crippen molar-refractivity contribution in [1.82, 2.24) is 10.6 Å². The summed E-state index contributed by atoms with van der Waals surface area (Å²) in [4.78, 5) is 24.0. The van der Waals surface area contributed by atoms with E-state index in [0.29, 0.717) is 24.2 Å².